The number of aryl methyl sites for hydroxylation is 2. The lowest BCUT2D eigenvalue weighted by Crippen LogP contribution is -2.44. The molecule has 0 saturated carbocycles. The zero-order valence-corrected chi connectivity index (χ0v) is 17.6. The molecule has 5 heteroatoms. The molecule has 0 fully saturated rings. The lowest BCUT2D eigenvalue weighted by atomic mass is 10.1. The number of nitrogens with zero attached hydrogens (tertiary/aromatic N) is 2. The Balaban J connectivity index is 1.56. The SMILES string of the molecule is Cc1cccc(-c2c[n+]3c(c(Cc4ccccc4)n2)NC(Cc2ccc(C)o2)C3=O)c1. The zero-order chi connectivity index (χ0) is 21.4. The number of nitrogens with one attached hydrogen (secondary N) is 1. The summed E-state index contributed by atoms with van der Waals surface area (Å²) in [6.45, 7) is 3.97. The fourth-order valence-corrected chi connectivity index (χ4v) is 4.06. The van der Waals surface area contributed by atoms with Gasteiger partial charge in [0.2, 0.25) is 6.04 Å². The summed E-state index contributed by atoms with van der Waals surface area (Å²) in [5.74, 6) is 2.42. The number of carbonyl (C=O) groups is 1. The molecule has 0 spiro atoms. The number of benzene rings is 2. The molecule has 0 aliphatic carbocycles. The summed E-state index contributed by atoms with van der Waals surface area (Å²) in [5, 5.41) is 3.41. The summed E-state index contributed by atoms with van der Waals surface area (Å²) in [6, 6.07) is 21.9. The highest BCUT2D eigenvalue weighted by atomic mass is 16.3. The molecule has 2 aromatic carbocycles. The van der Waals surface area contributed by atoms with Crippen molar-refractivity contribution in [2.24, 2.45) is 0 Å². The normalized spacial score (nSPS) is 15.0. The average Bonchev–Trinajstić information content (AvgIpc) is 3.32. The van der Waals surface area contributed by atoms with E-state index < -0.39 is 0 Å². The third kappa shape index (κ3) is 3.87. The van der Waals surface area contributed by atoms with Gasteiger partial charge in [0.15, 0.2) is 0 Å². The maximum absolute atomic E-state index is 13.3. The first-order chi connectivity index (χ1) is 15.1. The lowest BCUT2D eigenvalue weighted by Gasteiger charge is -2.07. The lowest BCUT2D eigenvalue weighted by molar-refractivity contribution is -0.552. The smallest absolute Gasteiger partial charge is 0.359 e. The van der Waals surface area contributed by atoms with Gasteiger partial charge in [-0.15, -0.1) is 0 Å². The number of anilines is 1. The first-order valence-corrected chi connectivity index (χ1v) is 10.5. The van der Waals surface area contributed by atoms with Gasteiger partial charge in [-0.2, -0.15) is 4.57 Å². The summed E-state index contributed by atoms with van der Waals surface area (Å²) in [7, 11) is 0. The zero-order valence-electron chi connectivity index (χ0n) is 17.6. The highest BCUT2D eigenvalue weighted by Crippen LogP contribution is 2.25. The molecule has 1 aliphatic heterocycles. The second kappa shape index (κ2) is 7.84. The van der Waals surface area contributed by atoms with Crippen LogP contribution in [-0.2, 0) is 12.8 Å². The minimum atomic E-state index is -0.380. The summed E-state index contributed by atoms with van der Waals surface area (Å²) in [4.78, 5) is 18.3. The summed E-state index contributed by atoms with van der Waals surface area (Å²) < 4.78 is 7.43. The molecule has 4 aromatic rings. The second-order valence-electron chi connectivity index (χ2n) is 8.07. The summed E-state index contributed by atoms with van der Waals surface area (Å²) in [6.07, 6.45) is 2.99. The van der Waals surface area contributed by atoms with Gasteiger partial charge in [0.05, 0.1) is 6.42 Å². The standard InChI is InChI=1S/C26H23N3O2/c1-17-7-6-10-20(13-17)24-16-29-25(22(27-24)14-19-8-4-3-5-9-19)28-23(26(29)30)15-21-12-11-18(2)31-21/h3-13,16,23H,14-15H2,1-2H3/p+1. The van der Waals surface area contributed by atoms with E-state index in [9.17, 15) is 4.79 Å². The third-order valence-corrected chi connectivity index (χ3v) is 5.60. The molecule has 2 aromatic heterocycles. The Morgan fingerprint density at radius 1 is 1.03 bits per heavy atom. The number of hydrogen-bond acceptors (Lipinski definition) is 4. The number of hydrogen-bond donors (Lipinski definition) is 1. The van der Waals surface area contributed by atoms with E-state index in [2.05, 4.69) is 36.5 Å². The Morgan fingerprint density at radius 3 is 2.61 bits per heavy atom. The average molecular weight is 410 g/mol. The van der Waals surface area contributed by atoms with Crippen molar-refractivity contribution in [3.05, 3.63) is 101 Å². The first kappa shape index (κ1) is 19.2. The van der Waals surface area contributed by atoms with Gasteiger partial charge in [-0.25, -0.2) is 9.78 Å². The maximum atomic E-state index is 13.3. The number of fused-ring (bicyclic) bond motifs is 1. The van der Waals surface area contributed by atoms with Crippen LogP contribution in [-0.4, -0.2) is 16.9 Å². The molecule has 31 heavy (non-hydrogen) atoms. The molecule has 1 aliphatic rings. The molecule has 1 unspecified atom stereocenters. The van der Waals surface area contributed by atoms with Gasteiger partial charge in [-0.05, 0) is 37.6 Å². The topological polar surface area (TPSA) is 59.0 Å². The Bertz CT molecular complexity index is 1260. The van der Waals surface area contributed by atoms with E-state index in [1.165, 1.54) is 0 Å². The van der Waals surface area contributed by atoms with E-state index in [1.807, 2.05) is 55.6 Å². The molecule has 3 heterocycles. The number of furan rings is 1. The van der Waals surface area contributed by atoms with E-state index in [4.69, 9.17) is 9.40 Å². The van der Waals surface area contributed by atoms with Crippen molar-refractivity contribution in [2.75, 3.05) is 5.32 Å². The minimum absolute atomic E-state index is 0.00895. The number of aromatic nitrogens is 2. The van der Waals surface area contributed by atoms with Crippen molar-refractivity contribution < 1.29 is 13.8 Å². The van der Waals surface area contributed by atoms with E-state index in [1.54, 1.807) is 4.57 Å². The van der Waals surface area contributed by atoms with Crippen molar-refractivity contribution in [3.8, 4) is 11.3 Å². The van der Waals surface area contributed by atoms with Crippen LogP contribution in [0.1, 0.15) is 33.1 Å². The van der Waals surface area contributed by atoms with Gasteiger partial charge in [0.25, 0.3) is 0 Å². The maximum Gasteiger partial charge on any atom is 0.359 e. The predicted octanol–water partition coefficient (Wildman–Crippen LogP) is 4.51. The van der Waals surface area contributed by atoms with Crippen LogP contribution in [0.15, 0.2) is 77.3 Å². The van der Waals surface area contributed by atoms with Gasteiger partial charge in [-0.1, -0.05) is 54.1 Å². The third-order valence-electron chi connectivity index (χ3n) is 5.60. The summed E-state index contributed by atoms with van der Waals surface area (Å²) >= 11 is 0. The van der Waals surface area contributed by atoms with Crippen molar-refractivity contribution >= 4 is 11.7 Å². The van der Waals surface area contributed by atoms with Crippen molar-refractivity contribution in [1.29, 1.82) is 0 Å². The Labute approximate surface area is 181 Å². The van der Waals surface area contributed by atoms with Crippen molar-refractivity contribution in [2.45, 2.75) is 32.7 Å². The molecule has 0 bridgehead atoms. The van der Waals surface area contributed by atoms with E-state index >= 15 is 0 Å². The second-order valence-corrected chi connectivity index (χ2v) is 8.07. The molecule has 0 amide bonds. The quantitative estimate of drug-likeness (QED) is 0.492. The highest BCUT2D eigenvalue weighted by Gasteiger charge is 2.41. The molecule has 0 radical (unpaired) electrons. The van der Waals surface area contributed by atoms with Crippen molar-refractivity contribution in [3.63, 3.8) is 0 Å². The van der Waals surface area contributed by atoms with Gasteiger partial charge >= 0.3 is 11.7 Å². The Morgan fingerprint density at radius 2 is 1.87 bits per heavy atom. The molecule has 5 rings (SSSR count). The molecular formula is C26H24N3O2+. The van der Waals surface area contributed by atoms with E-state index in [0.29, 0.717) is 12.8 Å². The molecule has 1 N–H and O–H groups in total. The fraction of sp³-hybridized carbons (Fsp3) is 0.192. The molecular weight excluding hydrogens is 386 g/mol. The van der Waals surface area contributed by atoms with Gasteiger partial charge < -0.3 is 4.42 Å². The van der Waals surface area contributed by atoms with Crippen LogP contribution in [0.3, 0.4) is 0 Å². The summed E-state index contributed by atoms with van der Waals surface area (Å²) in [5.41, 5.74) is 4.96. The Hall–Kier alpha value is -3.73. The fourth-order valence-electron chi connectivity index (χ4n) is 4.06. The molecule has 0 saturated heterocycles. The predicted molar refractivity (Wildman–Crippen MR) is 119 cm³/mol. The van der Waals surface area contributed by atoms with E-state index in [-0.39, 0.29) is 11.9 Å². The molecule has 5 nitrogen and oxygen atoms in total. The van der Waals surface area contributed by atoms with Gasteiger partial charge in [-0.3, -0.25) is 5.32 Å². The molecule has 154 valence electrons. The van der Waals surface area contributed by atoms with Gasteiger partial charge in [0, 0.05) is 12.0 Å². The minimum Gasteiger partial charge on any atom is -0.466 e. The van der Waals surface area contributed by atoms with Crippen LogP contribution in [0.25, 0.3) is 11.3 Å². The van der Waals surface area contributed by atoms with Crippen LogP contribution in [0, 0.1) is 13.8 Å². The number of carbonyl (C=O) groups excluding carboxylic acids is 1. The highest BCUT2D eigenvalue weighted by molar-refractivity contribution is 5.82. The van der Waals surface area contributed by atoms with Crippen LogP contribution in [0.2, 0.25) is 0 Å². The van der Waals surface area contributed by atoms with E-state index in [0.717, 1.165) is 45.4 Å². The van der Waals surface area contributed by atoms with Gasteiger partial charge in [0.1, 0.15) is 29.1 Å². The number of rotatable bonds is 5. The van der Waals surface area contributed by atoms with Crippen molar-refractivity contribution in [1.82, 2.24) is 4.98 Å². The Kier molecular flexibility index (Phi) is 4.86. The van der Waals surface area contributed by atoms with Crippen LogP contribution in [0.4, 0.5) is 5.82 Å². The van der Waals surface area contributed by atoms with Crippen LogP contribution < -0.4 is 9.88 Å². The van der Waals surface area contributed by atoms with Crippen LogP contribution >= 0.6 is 0 Å². The van der Waals surface area contributed by atoms with Crippen LogP contribution in [0.5, 0.6) is 0 Å². The monoisotopic (exact) mass is 410 g/mol. The first-order valence-electron chi connectivity index (χ1n) is 10.5. The largest absolute Gasteiger partial charge is 0.466 e. The molecule has 1 atom stereocenters.